The molecule has 5 heteroatoms. The summed E-state index contributed by atoms with van der Waals surface area (Å²) in [6, 6.07) is 14.4. The first-order chi connectivity index (χ1) is 10.2. The Morgan fingerprint density at radius 2 is 1.67 bits per heavy atom. The highest BCUT2D eigenvalue weighted by Gasteiger charge is 2.43. The van der Waals surface area contributed by atoms with Crippen molar-refractivity contribution < 1.29 is 15.0 Å². The molecular formula is C16H14N2O3. The van der Waals surface area contributed by atoms with E-state index in [0.717, 1.165) is 11.3 Å². The van der Waals surface area contributed by atoms with Crippen LogP contribution in [-0.2, 0) is 6.42 Å². The monoisotopic (exact) mass is 282 g/mol. The van der Waals surface area contributed by atoms with E-state index in [1.807, 2.05) is 24.3 Å². The van der Waals surface area contributed by atoms with E-state index < -0.39 is 12.5 Å². The highest BCUT2D eigenvalue weighted by molar-refractivity contribution is 5.99. The van der Waals surface area contributed by atoms with Crippen molar-refractivity contribution in [3.05, 3.63) is 65.2 Å². The Labute approximate surface area is 121 Å². The molecule has 1 unspecified atom stereocenters. The second kappa shape index (κ2) is 4.31. The summed E-state index contributed by atoms with van der Waals surface area (Å²) in [5, 5.41) is 23.7. The third-order valence-corrected chi connectivity index (χ3v) is 4.06. The smallest absolute Gasteiger partial charge is 0.275 e. The Balaban J connectivity index is 1.94. The van der Waals surface area contributed by atoms with Gasteiger partial charge in [0, 0.05) is 17.5 Å². The molecule has 2 aliphatic rings. The lowest BCUT2D eigenvalue weighted by Gasteiger charge is -2.49. The zero-order valence-electron chi connectivity index (χ0n) is 11.2. The van der Waals surface area contributed by atoms with Crippen molar-refractivity contribution in [3.63, 3.8) is 0 Å². The zero-order valence-corrected chi connectivity index (χ0v) is 11.2. The van der Waals surface area contributed by atoms with Crippen LogP contribution in [0.3, 0.4) is 0 Å². The molecule has 0 aliphatic carbocycles. The Morgan fingerprint density at radius 1 is 0.952 bits per heavy atom. The molecule has 4 rings (SSSR count). The molecule has 2 aromatic carbocycles. The van der Waals surface area contributed by atoms with Gasteiger partial charge < -0.3 is 10.2 Å². The summed E-state index contributed by atoms with van der Waals surface area (Å²) in [7, 11) is 0. The second-order valence-corrected chi connectivity index (χ2v) is 5.27. The van der Waals surface area contributed by atoms with Gasteiger partial charge in [-0.3, -0.25) is 4.79 Å². The van der Waals surface area contributed by atoms with Gasteiger partial charge in [-0.25, -0.2) is 10.0 Å². The third kappa shape index (κ3) is 1.62. The van der Waals surface area contributed by atoms with Gasteiger partial charge in [-0.05, 0) is 17.7 Å². The van der Waals surface area contributed by atoms with E-state index in [0.29, 0.717) is 17.5 Å². The fraction of sp³-hybridized carbons (Fsp3) is 0.188. The van der Waals surface area contributed by atoms with E-state index in [1.54, 1.807) is 24.3 Å². The largest absolute Gasteiger partial charge is 0.371 e. The molecule has 2 heterocycles. The maximum Gasteiger partial charge on any atom is 0.275 e. The summed E-state index contributed by atoms with van der Waals surface area (Å²) in [5.74, 6) is -0.294. The van der Waals surface area contributed by atoms with E-state index in [4.69, 9.17) is 0 Å². The molecule has 1 amide bonds. The lowest BCUT2D eigenvalue weighted by molar-refractivity contribution is -0.0356. The summed E-state index contributed by atoms with van der Waals surface area (Å²) in [6.45, 7) is 0. The SMILES string of the molecule is O=C1c2ccccc2[C@H](O)N2c3ccccc3CC(O)N12. The van der Waals surface area contributed by atoms with E-state index in [9.17, 15) is 15.0 Å². The van der Waals surface area contributed by atoms with Crippen LogP contribution in [-0.4, -0.2) is 27.4 Å². The van der Waals surface area contributed by atoms with Crippen molar-refractivity contribution in [1.29, 1.82) is 0 Å². The predicted octanol–water partition coefficient (Wildman–Crippen LogP) is 1.43. The van der Waals surface area contributed by atoms with Crippen LogP contribution >= 0.6 is 0 Å². The molecule has 106 valence electrons. The van der Waals surface area contributed by atoms with Crippen molar-refractivity contribution in [3.8, 4) is 0 Å². The van der Waals surface area contributed by atoms with Crippen LogP contribution < -0.4 is 5.01 Å². The van der Waals surface area contributed by atoms with Crippen LogP contribution in [0.15, 0.2) is 48.5 Å². The molecule has 2 aliphatic heterocycles. The molecule has 2 N–H and O–H groups in total. The predicted molar refractivity (Wildman–Crippen MR) is 76.2 cm³/mol. The van der Waals surface area contributed by atoms with Gasteiger partial charge in [0.05, 0.1) is 5.69 Å². The van der Waals surface area contributed by atoms with Crippen LogP contribution in [0, 0.1) is 0 Å². The van der Waals surface area contributed by atoms with E-state index in [-0.39, 0.29) is 5.91 Å². The molecule has 5 nitrogen and oxygen atoms in total. The van der Waals surface area contributed by atoms with Gasteiger partial charge in [0.25, 0.3) is 5.91 Å². The average molecular weight is 282 g/mol. The first-order valence-corrected chi connectivity index (χ1v) is 6.84. The topological polar surface area (TPSA) is 64.0 Å². The second-order valence-electron chi connectivity index (χ2n) is 5.27. The maximum atomic E-state index is 12.6. The lowest BCUT2D eigenvalue weighted by Crippen LogP contribution is -2.60. The van der Waals surface area contributed by atoms with Crippen LogP contribution in [0.25, 0.3) is 0 Å². The lowest BCUT2D eigenvalue weighted by atomic mass is 9.97. The number of carbonyl (C=O) groups excluding carboxylic acids is 1. The minimum Gasteiger partial charge on any atom is -0.371 e. The summed E-state index contributed by atoms with van der Waals surface area (Å²) in [5.41, 5.74) is 2.65. The summed E-state index contributed by atoms with van der Waals surface area (Å²) in [6.07, 6.45) is -1.61. The van der Waals surface area contributed by atoms with Gasteiger partial charge in [0.1, 0.15) is 0 Å². The Kier molecular flexibility index (Phi) is 2.54. The molecule has 0 fully saturated rings. The van der Waals surface area contributed by atoms with Crippen LogP contribution in [0.2, 0.25) is 0 Å². The molecule has 2 atom stereocenters. The number of carbonyl (C=O) groups is 1. The summed E-state index contributed by atoms with van der Waals surface area (Å²) in [4.78, 5) is 12.6. The van der Waals surface area contributed by atoms with Crippen LogP contribution in [0.4, 0.5) is 5.69 Å². The normalized spacial score (nSPS) is 23.4. The van der Waals surface area contributed by atoms with Crippen molar-refractivity contribution in [2.24, 2.45) is 0 Å². The maximum absolute atomic E-state index is 12.6. The molecule has 0 spiro atoms. The number of fused-ring (bicyclic) bond motifs is 4. The van der Waals surface area contributed by atoms with Gasteiger partial charge in [0.15, 0.2) is 12.5 Å². The molecule has 0 saturated heterocycles. The molecule has 0 bridgehead atoms. The molecule has 0 aromatic heterocycles. The number of para-hydroxylation sites is 1. The number of amides is 1. The average Bonchev–Trinajstić information content (AvgIpc) is 2.51. The number of aliphatic hydroxyl groups is 2. The number of aliphatic hydroxyl groups excluding tert-OH is 2. The van der Waals surface area contributed by atoms with E-state index in [2.05, 4.69) is 0 Å². The number of hydrazine groups is 1. The van der Waals surface area contributed by atoms with Crippen molar-refractivity contribution >= 4 is 11.6 Å². The van der Waals surface area contributed by atoms with E-state index >= 15 is 0 Å². The molecule has 0 saturated carbocycles. The van der Waals surface area contributed by atoms with Crippen LogP contribution in [0.5, 0.6) is 0 Å². The number of rotatable bonds is 0. The minimum absolute atomic E-state index is 0.294. The molecular weight excluding hydrogens is 268 g/mol. The number of nitrogens with zero attached hydrogens (tertiary/aromatic N) is 2. The molecule has 2 aromatic rings. The first kappa shape index (κ1) is 12.4. The Bertz CT molecular complexity index is 731. The Hall–Kier alpha value is -2.37. The quantitative estimate of drug-likeness (QED) is 0.767. The van der Waals surface area contributed by atoms with Crippen molar-refractivity contribution in [2.75, 3.05) is 5.01 Å². The van der Waals surface area contributed by atoms with Crippen LogP contribution in [0.1, 0.15) is 27.7 Å². The summed E-state index contributed by atoms with van der Waals surface area (Å²) < 4.78 is 0. The fourth-order valence-electron chi connectivity index (χ4n) is 3.10. The Morgan fingerprint density at radius 3 is 2.52 bits per heavy atom. The van der Waals surface area contributed by atoms with Crippen molar-refractivity contribution in [1.82, 2.24) is 5.01 Å². The first-order valence-electron chi connectivity index (χ1n) is 6.84. The number of anilines is 1. The zero-order chi connectivity index (χ0) is 14.6. The summed E-state index contributed by atoms with van der Waals surface area (Å²) >= 11 is 0. The highest BCUT2D eigenvalue weighted by Crippen LogP contribution is 2.40. The van der Waals surface area contributed by atoms with Crippen molar-refractivity contribution in [2.45, 2.75) is 18.9 Å². The molecule has 21 heavy (non-hydrogen) atoms. The van der Waals surface area contributed by atoms with Gasteiger partial charge >= 0.3 is 0 Å². The van der Waals surface area contributed by atoms with Gasteiger partial charge in [-0.1, -0.05) is 36.4 Å². The van der Waals surface area contributed by atoms with E-state index in [1.165, 1.54) is 10.0 Å². The van der Waals surface area contributed by atoms with Gasteiger partial charge in [-0.2, -0.15) is 0 Å². The number of hydrogen-bond donors (Lipinski definition) is 2. The van der Waals surface area contributed by atoms with Gasteiger partial charge in [0.2, 0.25) is 0 Å². The highest BCUT2D eigenvalue weighted by atomic mass is 16.3. The molecule has 0 radical (unpaired) electrons. The standard InChI is InChI=1S/C16H14N2O3/c19-14-9-10-5-1-4-8-13(10)17-15(20)11-6-2-3-7-12(11)16(21)18(14)17/h1-8,14-15,19-20H,9H2/t14?,15-/m0/s1. The van der Waals surface area contributed by atoms with Gasteiger partial charge in [-0.15, -0.1) is 0 Å². The number of benzene rings is 2. The fourth-order valence-corrected chi connectivity index (χ4v) is 3.10. The number of hydrogen-bond acceptors (Lipinski definition) is 4. The minimum atomic E-state index is -0.991. The third-order valence-electron chi connectivity index (χ3n) is 4.06.